The lowest BCUT2D eigenvalue weighted by Crippen LogP contribution is -2.17. The van der Waals surface area contributed by atoms with E-state index in [4.69, 9.17) is 4.74 Å². The van der Waals surface area contributed by atoms with Gasteiger partial charge >= 0.3 is 0 Å². The number of ether oxygens (including phenoxy) is 1. The highest BCUT2D eigenvalue weighted by Gasteiger charge is 1.92. The Morgan fingerprint density at radius 1 is 1.33 bits per heavy atom. The van der Waals surface area contributed by atoms with E-state index in [-0.39, 0.29) is 0 Å². The maximum absolute atomic E-state index is 5.37. The fraction of sp³-hybridized carbons (Fsp3) is 0.636. The van der Waals surface area contributed by atoms with Crippen molar-refractivity contribution in [1.29, 1.82) is 0 Å². The third-order valence-corrected chi connectivity index (χ3v) is 1.91. The minimum atomic E-state index is 0.779. The van der Waals surface area contributed by atoms with E-state index in [2.05, 4.69) is 22.2 Å². The van der Waals surface area contributed by atoms with Gasteiger partial charge in [0, 0.05) is 38.3 Å². The van der Waals surface area contributed by atoms with Gasteiger partial charge < -0.3 is 10.1 Å². The Labute approximate surface area is 91.1 Å². The van der Waals surface area contributed by atoms with Crippen LogP contribution in [0.5, 0.6) is 0 Å². The Morgan fingerprint density at radius 2 is 2.27 bits per heavy atom. The van der Waals surface area contributed by atoms with Gasteiger partial charge in [0.15, 0.2) is 0 Å². The lowest BCUT2D eigenvalue weighted by atomic mass is 10.4. The van der Waals surface area contributed by atoms with Crippen molar-refractivity contribution >= 4 is 0 Å². The van der Waals surface area contributed by atoms with Crippen molar-refractivity contribution in [3.63, 3.8) is 0 Å². The highest BCUT2D eigenvalue weighted by atomic mass is 16.5. The molecule has 1 aromatic heterocycles. The zero-order chi connectivity index (χ0) is 10.8. The summed E-state index contributed by atoms with van der Waals surface area (Å²) in [4.78, 5) is 8.17. The van der Waals surface area contributed by atoms with E-state index in [1.165, 1.54) is 0 Å². The predicted molar refractivity (Wildman–Crippen MR) is 59.5 cm³/mol. The maximum Gasteiger partial charge on any atom is 0.0724 e. The summed E-state index contributed by atoms with van der Waals surface area (Å²) in [5.41, 5.74) is 0.979. The molecular weight excluding hydrogens is 190 g/mol. The second kappa shape index (κ2) is 8.32. The van der Waals surface area contributed by atoms with E-state index < -0.39 is 0 Å². The first kappa shape index (κ1) is 12.1. The lowest BCUT2D eigenvalue weighted by molar-refractivity contribution is 0.132. The molecule has 4 heteroatoms. The predicted octanol–water partition coefficient (Wildman–Crippen LogP) is 1.38. The van der Waals surface area contributed by atoms with Gasteiger partial charge in [0.05, 0.1) is 5.69 Å². The average molecular weight is 209 g/mol. The van der Waals surface area contributed by atoms with Gasteiger partial charge in [-0.15, -0.1) is 0 Å². The minimum Gasteiger partial charge on any atom is -0.381 e. The zero-order valence-electron chi connectivity index (χ0n) is 9.28. The Kier molecular flexibility index (Phi) is 6.70. The molecule has 1 N–H and O–H groups in total. The molecule has 0 unspecified atom stereocenters. The van der Waals surface area contributed by atoms with Gasteiger partial charge in [-0.05, 0) is 19.4 Å². The van der Waals surface area contributed by atoms with Crippen molar-refractivity contribution in [2.75, 3.05) is 19.8 Å². The molecule has 15 heavy (non-hydrogen) atoms. The molecule has 4 nitrogen and oxygen atoms in total. The van der Waals surface area contributed by atoms with Crippen molar-refractivity contribution in [2.45, 2.75) is 26.3 Å². The molecule has 0 spiro atoms. The van der Waals surface area contributed by atoms with Crippen molar-refractivity contribution in [3.05, 3.63) is 24.3 Å². The summed E-state index contributed by atoms with van der Waals surface area (Å²) in [6, 6.07) is 0. The molecule has 0 aliphatic heterocycles. The lowest BCUT2D eigenvalue weighted by Gasteiger charge is -2.04. The monoisotopic (exact) mass is 209 g/mol. The highest BCUT2D eigenvalue weighted by Crippen LogP contribution is 1.89. The molecular formula is C11H19N3O. The van der Waals surface area contributed by atoms with Crippen molar-refractivity contribution < 1.29 is 4.74 Å². The van der Waals surface area contributed by atoms with Crippen LogP contribution in [0.15, 0.2) is 18.6 Å². The quantitative estimate of drug-likeness (QED) is 0.657. The molecule has 0 aliphatic carbocycles. The number of hydrogen-bond acceptors (Lipinski definition) is 4. The zero-order valence-corrected chi connectivity index (χ0v) is 9.28. The van der Waals surface area contributed by atoms with Crippen LogP contribution in [0.2, 0.25) is 0 Å². The largest absolute Gasteiger partial charge is 0.381 e. The Balaban J connectivity index is 1.93. The van der Waals surface area contributed by atoms with E-state index in [1.807, 2.05) is 0 Å². The molecule has 0 saturated carbocycles. The molecule has 1 aromatic rings. The number of nitrogens with zero attached hydrogens (tertiary/aromatic N) is 2. The van der Waals surface area contributed by atoms with Gasteiger partial charge in [-0.2, -0.15) is 0 Å². The molecule has 0 amide bonds. The summed E-state index contributed by atoms with van der Waals surface area (Å²) in [6.07, 6.45) is 7.30. The molecule has 0 atom stereocenters. The summed E-state index contributed by atoms with van der Waals surface area (Å²) in [5, 5.41) is 3.30. The van der Waals surface area contributed by atoms with Crippen LogP contribution >= 0.6 is 0 Å². The van der Waals surface area contributed by atoms with Crippen LogP contribution in [-0.2, 0) is 11.3 Å². The summed E-state index contributed by atoms with van der Waals surface area (Å²) in [5.74, 6) is 0. The van der Waals surface area contributed by atoms with Gasteiger partial charge in [-0.3, -0.25) is 9.97 Å². The topological polar surface area (TPSA) is 47.0 Å². The Bertz CT molecular complexity index is 241. The van der Waals surface area contributed by atoms with E-state index in [0.717, 1.165) is 44.8 Å². The maximum atomic E-state index is 5.37. The first-order chi connectivity index (χ1) is 7.43. The minimum absolute atomic E-state index is 0.779. The third-order valence-electron chi connectivity index (χ3n) is 1.91. The van der Waals surface area contributed by atoms with Crippen LogP contribution in [0.4, 0.5) is 0 Å². The van der Waals surface area contributed by atoms with Gasteiger partial charge in [0.25, 0.3) is 0 Å². The van der Waals surface area contributed by atoms with E-state index in [9.17, 15) is 0 Å². The van der Waals surface area contributed by atoms with Gasteiger partial charge in [0.1, 0.15) is 0 Å². The van der Waals surface area contributed by atoms with Crippen molar-refractivity contribution in [1.82, 2.24) is 15.3 Å². The molecule has 0 aliphatic rings. The number of rotatable bonds is 8. The fourth-order valence-corrected chi connectivity index (χ4v) is 1.18. The second-order valence-corrected chi connectivity index (χ2v) is 3.34. The van der Waals surface area contributed by atoms with E-state index in [1.54, 1.807) is 18.6 Å². The smallest absolute Gasteiger partial charge is 0.0724 e. The van der Waals surface area contributed by atoms with Gasteiger partial charge in [-0.25, -0.2) is 0 Å². The SMILES string of the molecule is CCCOCCCNCc1cnccn1. The van der Waals surface area contributed by atoms with Gasteiger partial charge in [-0.1, -0.05) is 6.92 Å². The molecule has 0 saturated heterocycles. The molecule has 0 radical (unpaired) electrons. The van der Waals surface area contributed by atoms with Crippen LogP contribution in [-0.4, -0.2) is 29.7 Å². The van der Waals surface area contributed by atoms with E-state index in [0.29, 0.717) is 0 Å². The number of hydrogen-bond donors (Lipinski definition) is 1. The van der Waals surface area contributed by atoms with Crippen molar-refractivity contribution in [3.8, 4) is 0 Å². The second-order valence-electron chi connectivity index (χ2n) is 3.34. The first-order valence-electron chi connectivity index (χ1n) is 5.47. The Hall–Kier alpha value is -1.00. The first-order valence-corrected chi connectivity index (χ1v) is 5.47. The van der Waals surface area contributed by atoms with Crippen molar-refractivity contribution in [2.24, 2.45) is 0 Å². The summed E-state index contributed by atoms with van der Waals surface area (Å²) in [7, 11) is 0. The van der Waals surface area contributed by atoms with Crippen LogP contribution in [0.1, 0.15) is 25.5 Å². The van der Waals surface area contributed by atoms with Crippen LogP contribution in [0.25, 0.3) is 0 Å². The molecule has 0 aromatic carbocycles. The number of aromatic nitrogens is 2. The van der Waals surface area contributed by atoms with Crippen LogP contribution in [0, 0.1) is 0 Å². The summed E-state index contributed by atoms with van der Waals surface area (Å²) in [6.45, 7) is 5.56. The fourth-order valence-electron chi connectivity index (χ4n) is 1.18. The summed E-state index contributed by atoms with van der Waals surface area (Å²) >= 11 is 0. The average Bonchev–Trinajstić information content (AvgIpc) is 2.29. The number of nitrogens with one attached hydrogen (secondary N) is 1. The molecule has 1 heterocycles. The normalized spacial score (nSPS) is 10.5. The van der Waals surface area contributed by atoms with Crippen LogP contribution < -0.4 is 5.32 Å². The third kappa shape index (κ3) is 6.14. The molecule has 0 bridgehead atoms. The Morgan fingerprint density at radius 3 is 3.00 bits per heavy atom. The molecule has 84 valence electrons. The van der Waals surface area contributed by atoms with Crippen LogP contribution in [0.3, 0.4) is 0 Å². The van der Waals surface area contributed by atoms with E-state index >= 15 is 0 Å². The molecule has 0 fully saturated rings. The summed E-state index contributed by atoms with van der Waals surface area (Å²) < 4.78 is 5.37. The van der Waals surface area contributed by atoms with Gasteiger partial charge in [0.2, 0.25) is 0 Å². The standard InChI is InChI=1S/C11H19N3O/c1-2-7-15-8-3-4-12-9-11-10-13-5-6-14-11/h5-6,10,12H,2-4,7-9H2,1H3. The highest BCUT2D eigenvalue weighted by molar-refractivity contribution is 4.93. The molecule has 1 rings (SSSR count).